The Morgan fingerprint density at radius 1 is 1.00 bits per heavy atom. The van der Waals surface area contributed by atoms with Crippen LogP contribution in [-0.2, 0) is 4.74 Å². The molecular weight excluding hydrogens is 332 g/mol. The van der Waals surface area contributed by atoms with Crippen molar-refractivity contribution in [1.29, 1.82) is 0 Å². The van der Waals surface area contributed by atoms with Crippen LogP contribution in [0.1, 0.15) is 98.8 Å². The van der Waals surface area contributed by atoms with Gasteiger partial charge in [0.25, 0.3) is 0 Å². The maximum absolute atomic E-state index is 6.22. The highest BCUT2D eigenvalue weighted by Crippen LogP contribution is 2.30. The number of rotatable bonds is 11. The Labute approximate surface area is 170 Å². The molecule has 3 heteroatoms. The van der Waals surface area contributed by atoms with Crippen LogP contribution in [0.25, 0.3) is 0 Å². The van der Waals surface area contributed by atoms with Crippen LogP contribution >= 0.6 is 0 Å². The first-order chi connectivity index (χ1) is 13.0. The number of ether oxygens (including phenoxy) is 1. The third-order valence-electron chi connectivity index (χ3n) is 7.23. The van der Waals surface area contributed by atoms with E-state index in [4.69, 9.17) is 4.74 Å². The van der Waals surface area contributed by atoms with E-state index in [2.05, 4.69) is 44.4 Å². The molecule has 0 aromatic rings. The number of piperazine rings is 1. The fourth-order valence-electron chi connectivity index (χ4n) is 5.12. The molecule has 27 heavy (non-hydrogen) atoms. The lowest BCUT2D eigenvalue weighted by Crippen LogP contribution is -2.54. The lowest BCUT2D eigenvalue weighted by atomic mass is 9.84. The van der Waals surface area contributed by atoms with Crippen LogP contribution in [0.15, 0.2) is 0 Å². The third kappa shape index (κ3) is 8.03. The Bertz CT molecular complexity index is 381. The number of hydrogen-bond acceptors (Lipinski definition) is 3. The zero-order chi connectivity index (χ0) is 19.6. The second-order valence-corrected chi connectivity index (χ2v) is 9.51. The molecule has 3 nitrogen and oxygen atoms in total. The average molecular weight is 381 g/mol. The van der Waals surface area contributed by atoms with Crippen LogP contribution in [0.4, 0.5) is 0 Å². The fraction of sp³-hybridized carbons (Fsp3) is 1.00. The molecular formula is C24H48N2O. The minimum Gasteiger partial charge on any atom is -0.375 e. The van der Waals surface area contributed by atoms with Crippen LogP contribution < -0.4 is 0 Å². The first-order valence-electron chi connectivity index (χ1n) is 12.2. The molecule has 2 unspecified atom stereocenters. The van der Waals surface area contributed by atoms with Crippen molar-refractivity contribution < 1.29 is 4.74 Å². The van der Waals surface area contributed by atoms with Gasteiger partial charge in [-0.3, -0.25) is 9.80 Å². The Balaban J connectivity index is 1.54. The maximum atomic E-state index is 6.22. The van der Waals surface area contributed by atoms with E-state index in [1.807, 2.05) is 0 Å². The van der Waals surface area contributed by atoms with Gasteiger partial charge in [-0.05, 0) is 78.2 Å². The summed E-state index contributed by atoms with van der Waals surface area (Å²) in [5.41, 5.74) is 0. The Kier molecular flexibility index (Phi) is 10.7. The minimum atomic E-state index is 0.458. The molecule has 2 fully saturated rings. The molecule has 1 saturated carbocycles. The molecule has 2 aliphatic rings. The van der Waals surface area contributed by atoms with Crippen LogP contribution in [0.3, 0.4) is 0 Å². The van der Waals surface area contributed by atoms with Gasteiger partial charge in [0.1, 0.15) is 0 Å². The highest BCUT2D eigenvalue weighted by Gasteiger charge is 2.26. The van der Waals surface area contributed by atoms with Gasteiger partial charge in [0.05, 0.1) is 12.2 Å². The molecule has 3 atom stereocenters. The molecule has 0 aromatic heterocycles. The van der Waals surface area contributed by atoms with Crippen molar-refractivity contribution in [2.45, 2.75) is 123 Å². The van der Waals surface area contributed by atoms with Crippen molar-refractivity contribution in [2.24, 2.45) is 5.92 Å². The van der Waals surface area contributed by atoms with Gasteiger partial charge in [-0.1, -0.05) is 33.1 Å². The smallest absolute Gasteiger partial charge is 0.0579 e. The number of unbranched alkanes of at least 4 members (excludes halogenated alkanes) is 1. The number of hydrogen-bond donors (Lipinski definition) is 0. The van der Waals surface area contributed by atoms with Crippen LogP contribution in [0.5, 0.6) is 0 Å². The van der Waals surface area contributed by atoms with Crippen molar-refractivity contribution in [2.75, 3.05) is 26.2 Å². The van der Waals surface area contributed by atoms with E-state index >= 15 is 0 Å². The highest BCUT2D eigenvalue weighted by molar-refractivity contribution is 4.82. The first-order valence-corrected chi connectivity index (χ1v) is 12.2. The number of nitrogens with zero attached hydrogens (tertiary/aromatic N) is 2. The van der Waals surface area contributed by atoms with Crippen molar-refractivity contribution >= 4 is 0 Å². The van der Waals surface area contributed by atoms with Gasteiger partial charge in [-0.15, -0.1) is 0 Å². The molecule has 160 valence electrons. The zero-order valence-electron chi connectivity index (χ0n) is 19.1. The molecule has 0 N–H and O–H groups in total. The van der Waals surface area contributed by atoms with E-state index in [1.54, 1.807) is 0 Å². The Hall–Kier alpha value is -0.120. The van der Waals surface area contributed by atoms with Crippen molar-refractivity contribution in [3.8, 4) is 0 Å². The van der Waals surface area contributed by atoms with Crippen LogP contribution in [0, 0.1) is 5.92 Å². The fourth-order valence-corrected chi connectivity index (χ4v) is 5.12. The summed E-state index contributed by atoms with van der Waals surface area (Å²) in [6, 6.07) is 1.48. The largest absolute Gasteiger partial charge is 0.375 e. The van der Waals surface area contributed by atoms with Crippen molar-refractivity contribution in [1.82, 2.24) is 9.80 Å². The van der Waals surface area contributed by atoms with Crippen LogP contribution in [0.2, 0.25) is 0 Å². The summed E-state index contributed by atoms with van der Waals surface area (Å²) in [7, 11) is 0. The molecule has 0 spiro atoms. The standard InChI is InChI=1S/C24H48N2O/c1-6-10-22(5)27-24-14-12-23(13-15-24)11-8-9-16-25-17-18-26(19-21(25)4)20(3)7-2/h20-24H,6-19H2,1-5H3/t20?,21-,22?,23-,24-/m1/s1. The monoisotopic (exact) mass is 380 g/mol. The highest BCUT2D eigenvalue weighted by atomic mass is 16.5. The van der Waals surface area contributed by atoms with Gasteiger partial charge in [0.2, 0.25) is 0 Å². The Morgan fingerprint density at radius 3 is 2.37 bits per heavy atom. The second-order valence-electron chi connectivity index (χ2n) is 9.51. The van der Waals surface area contributed by atoms with Gasteiger partial charge < -0.3 is 4.74 Å². The van der Waals surface area contributed by atoms with Gasteiger partial charge >= 0.3 is 0 Å². The van der Waals surface area contributed by atoms with E-state index in [1.165, 1.54) is 90.4 Å². The minimum absolute atomic E-state index is 0.458. The molecule has 0 bridgehead atoms. The van der Waals surface area contributed by atoms with E-state index in [-0.39, 0.29) is 0 Å². The van der Waals surface area contributed by atoms with Crippen molar-refractivity contribution in [3.05, 3.63) is 0 Å². The van der Waals surface area contributed by atoms with E-state index in [0.717, 1.165) is 18.0 Å². The quantitative estimate of drug-likeness (QED) is 0.426. The summed E-state index contributed by atoms with van der Waals surface area (Å²) in [4.78, 5) is 5.42. The molecule has 1 saturated heterocycles. The molecule has 1 heterocycles. The second kappa shape index (κ2) is 12.4. The normalized spacial score (nSPS) is 30.3. The summed E-state index contributed by atoms with van der Waals surface area (Å²) in [6.07, 6.45) is 14.4. The van der Waals surface area contributed by atoms with Gasteiger partial charge in [-0.2, -0.15) is 0 Å². The Morgan fingerprint density at radius 2 is 1.74 bits per heavy atom. The summed E-state index contributed by atoms with van der Waals surface area (Å²) < 4.78 is 6.22. The van der Waals surface area contributed by atoms with E-state index in [0.29, 0.717) is 12.2 Å². The summed E-state index contributed by atoms with van der Waals surface area (Å²) >= 11 is 0. The SMILES string of the molecule is CCCC(C)O[C@H]1CC[C@H](CCCCN2CCN(C(C)CC)C[C@H]2C)CC1. The van der Waals surface area contributed by atoms with E-state index in [9.17, 15) is 0 Å². The molecule has 2 rings (SSSR count). The third-order valence-corrected chi connectivity index (χ3v) is 7.23. The average Bonchev–Trinajstić information content (AvgIpc) is 2.67. The van der Waals surface area contributed by atoms with Crippen molar-refractivity contribution in [3.63, 3.8) is 0 Å². The molecule has 0 aromatic carbocycles. The van der Waals surface area contributed by atoms with Crippen LogP contribution in [-0.4, -0.2) is 60.3 Å². The van der Waals surface area contributed by atoms with Gasteiger partial charge in [-0.25, -0.2) is 0 Å². The van der Waals surface area contributed by atoms with Gasteiger partial charge in [0.15, 0.2) is 0 Å². The summed E-state index contributed by atoms with van der Waals surface area (Å²) in [6.45, 7) is 16.7. The molecule has 0 radical (unpaired) electrons. The molecule has 1 aliphatic heterocycles. The topological polar surface area (TPSA) is 15.7 Å². The summed E-state index contributed by atoms with van der Waals surface area (Å²) in [5.74, 6) is 0.964. The predicted molar refractivity (Wildman–Crippen MR) is 117 cm³/mol. The summed E-state index contributed by atoms with van der Waals surface area (Å²) in [5, 5.41) is 0. The maximum Gasteiger partial charge on any atom is 0.0579 e. The first kappa shape index (κ1) is 23.2. The van der Waals surface area contributed by atoms with E-state index < -0.39 is 0 Å². The predicted octanol–water partition coefficient (Wildman–Crippen LogP) is 5.73. The van der Waals surface area contributed by atoms with Gasteiger partial charge in [0, 0.05) is 31.7 Å². The lowest BCUT2D eigenvalue weighted by Gasteiger charge is -2.42. The molecule has 0 amide bonds. The zero-order valence-corrected chi connectivity index (χ0v) is 19.1. The lowest BCUT2D eigenvalue weighted by molar-refractivity contribution is -0.0321. The molecule has 1 aliphatic carbocycles.